The Morgan fingerprint density at radius 3 is 2.63 bits per heavy atom. The van der Waals surface area contributed by atoms with Crippen LogP contribution in [0.15, 0.2) is 23.0 Å². The van der Waals surface area contributed by atoms with E-state index in [1.54, 1.807) is 19.9 Å². The first kappa shape index (κ1) is 21.0. The molecule has 9 nitrogen and oxygen atoms in total. The fourth-order valence-electron chi connectivity index (χ4n) is 4.12. The highest BCUT2D eigenvalue weighted by Crippen LogP contribution is 2.45. The van der Waals surface area contributed by atoms with Crippen LogP contribution in [0.2, 0.25) is 0 Å². The van der Waals surface area contributed by atoms with Gasteiger partial charge < -0.3 is 28.8 Å². The van der Waals surface area contributed by atoms with Crippen LogP contribution in [0.25, 0.3) is 0 Å². The molecule has 5 unspecified atom stereocenters. The third kappa shape index (κ3) is 3.77. The average Bonchev–Trinajstić information content (AvgIpc) is 3.13. The Labute approximate surface area is 173 Å². The van der Waals surface area contributed by atoms with Crippen molar-refractivity contribution in [1.29, 1.82) is 0 Å². The SMILES string of the molecule is CC(=O)OCC1=C2C(=CC3(C)CCC(O3)C(C)(O)CC2OC(=O)C2(C)CO2)OC1=O. The van der Waals surface area contributed by atoms with Crippen molar-refractivity contribution < 1.29 is 43.2 Å². The van der Waals surface area contributed by atoms with Crippen molar-refractivity contribution in [2.24, 2.45) is 0 Å². The highest BCUT2D eigenvalue weighted by atomic mass is 16.6. The lowest BCUT2D eigenvalue weighted by atomic mass is 9.84. The van der Waals surface area contributed by atoms with Crippen molar-refractivity contribution in [2.75, 3.05) is 13.2 Å². The van der Waals surface area contributed by atoms with E-state index in [1.807, 2.05) is 6.92 Å². The average molecular weight is 422 g/mol. The highest BCUT2D eigenvalue weighted by Gasteiger charge is 2.53. The Balaban J connectivity index is 1.80. The molecule has 9 heteroatoms. The van der Waals surface area contributed by atoms with Gasteiger partial charge in [0.1, 0.15) is 18.5 Å². The number of rotatable bonds is 4. The molecule has 30 heavy (non-hydrogen) atoms. The van der Waals surface area contributed by atoms with Crippen LogP contribution < -0.4 is 0 Å². The summed E-state index contributed by atoms with van der Waals surface area (Å²) >= 11 is 0. The van der Waals surface area contributed by atoms with Crippen LogP contribution in [-0.2, 0) is 38.1 Å². The molecule has 0 aliphatic carbocycles. The maximum atomic E-state index is 12.6. The second kappa shape index (κ2) is 6.90. The lowest BCUT2D eigenvalue weighted by Gasteiger charge is -2.33. The molecule has 0 spiro atoms. The van der Waals surface area contributed by atoms with E-state index < -0.39 is 46.9 Å². The molecule has 0 aromatic rings. The predicted octanol–water partition coefficient (Wildman–Crippen LogP) is 1.08. The van der Waals surface area contributed by atoms with Gasteiger partial charge in [-0.3, -0.25) is 4.79 Å². The summed E-state index contributed by atoms with van der Waals surface area (Å²) < 4.78 is 27.5. The van der Waals surface area contributed by atoms with Crippen molar-refractivity contribution >= 4 is 17.9 Å². The Morgan fingerprint density at radius 2 is 2.00 bits per heavy atom. The molecular formula is C21H26O9. The van der Waals surface area contributed by atoms with Gasteiger partial charge in [-0.25, -0.2) is 9.59 Å². The van der Waals surface area contributed by atoms with E-state index in [-0.39, 0.29) is 36.5 Å². The lowest BCUT2D eigenvalue weighted by molar-refractivity contribution is -0.160. The summed E-state index contributed by atoms with van der Waals surface area (Å²) in [7, 11) is 0. The van der Waals surface area contributed by atoms with Crippen molar-refractivity contribution in [3.05, 3.63) is 23.0 Å². The van der Waals surface area contributed by atoms with Gasteiger partial charge in [0.25, 0.3) is 0 Å². The Hall–Kier alpha value is -2.23. The number of hydrogen-bond acceptors (Lipinski definition) is 9. The quantitative estimate of drug-likeness (QED) is 0.403. The fourth-order valence-corrected chi connectivity index (χ4v) is 4.12. The summed E-state index contributed by atoms with van der Waals surface area (Å²) in [4.78, 5) is 36.6. The zero-order chi connectivity index (χ0) is 21.9. The molecule has 2 fully saturated rings. The molecule has 0 radical (unpaired) electrons. The van der Waals surface area contributed by atoms with Crippen molar-refractivity contribution in [1.82, 2.24) is 0 Å². The van der Waals surface area contributed by atoms with Crippen LogP contribution in [0.3, 0.4) is 0 Å². The number of fused-ring (bicyclic) bond motifs is 3. The highest BCUT2D eigenvalue weighted by molar-refractivity contribution is 5.95. The number of ether oxygens (including phenoxy) is 5. The molecule has 4 rings (SSSR count). The van der Waals surface area contributed by atoms with Crippen LogP contribution in [0.1, 0.15) is 47.0 Å². The number of esters is 3. The summed E-state index contributed by atoms with van der Waals surface area (Å²) in [6.07, 6.45) is 1.38. The number of hydrogen-bond donors (Lipinski definition) is 1. The summed E-state index contributed by atoms with van der Waals surface area (Å²) in [6, 6.07) is 0. The third-order valence-corrected chi connectivity index (χ3v) is 6.08. The molecule has 1 N–H and O–H groups in total. The standard InChI is InChI=1S/C21H26O9/c1-11(22)26-9-12-16-13(28-17(12)23)7-19(2)6-5-15(30-19)20(3,25)8-14(16)29-18(24)21(4)10-27-21/h7,14-15,25H,5-6,8-10H2,1-4H3. The maximum Gasteiger partial charge on any atom is 0.343 e. The molecule has 0 saturated carbocycles. The van der Waals surface area contributed by atoms with Crippen molar-refractivity contribution in [3.63, 3.8) is 0 Å². The van der Waals surface area contributed by atoms with Gasteiger partial charge in [-0.1, -0.05) is 0 Å². The smallest absolute Gasteiger partial charge is 0.343 e. The van der Waals surface area contributed by atoms with Crippen molar-refractivity contribution in [3.8, 4) is 0 Å². The zero-order valence-corrected chi connectivity index (χ0v) is 17.5. The first-order valence-electron chi connectivity index (χ1n) is 9.99. The van der Waals surface area contributed by atoms with E-state index in [0.29, 0.717) is 12.8 Å². The van der Waals surface area contributed by atoms with Gasteiger partial charge in [-0.05, 0) is 39.7 Å². The van der Waals surface area contributed by atoms with Gasteiger partial charge in [-0.2, -0.15) is 0 Å². The van der Waals surface area contributed by atoms with Gasteiger partial charge in [0, 0.05) is 18.9 Å². The first-order valence-corrected chi connectivity index (χ1v) is 9.99. The Bertz CT molecular complexity index is 864. The van der Waals surface area contributed by atoms with Gasteiger partial charge in [0.05, 0.1) is 29.5 Å². The number of aliphatic hydroxyl groups is 1. The molecule has 2 bridgehead atoms. The molecule has 2 saturated heterocycles. The van der Waals surface area contributed by atoms with Gasteiger partial charge >= 0.3 is 17.9 Å². The molecule has 4 aliphatic rings. The minimum Gasteiger partial charge on any atom is -0.461 e. The van der Waals surface area contributed by atoms with Gasteiger partial charge in [0.2, 0.25) is 0 Å². The monoisotopic (exact) mass is 422 g/mol. The summed E-state index contributed by atoms with van der Waals surface area (Å²) in [5.41, 5.74) is -2.79. The van der Waals surface area contributed by atoms with Crippen LogP contribution in [0.5, 0.6) is 0 Å². The van der Waals surface area contributed by atoms with Gasteiger partial charge in [-0.15, -0.1) is 0 Å². The Morgan fingerprint density at radius 1 is 1.30 bits per heavy atom. The van der Waals surface area contributed by atoms with Crippen LogP contribution in [-0.4, -0.2) is 65.2 Å². The second-order valence-electron chi connectivity index (χ2n) is 9.00. The number of carbonyl (C=O) groups is 3. The van der Waals surface area contributed by atoms with E-state index >= 15 is 0 Å². The largest absolute Gasteiger partial charge is 0.461 e. The molecule has 4 aliphatic heterocycles. The second-order valence-corrected chi connectivity index (χ2v) is 9.00. The van der Waals surface area contributed by atoms with E-state index in [0.717, 1.165) is 0 Å². The minimum atomic E-state index is -1.34. The molecule has 0 aromatic heterocycles. The van der Waals surface area contributed by atoms with E-state index in [4.69, 9.17) is 23.7 Å². The lowest BCUT2D eigenvalue weighted by Crippen LogP contribution is -2.44. The third-order valence-electron chi connectivity index (χ3n) is 6.08. The topological polar surface area (TPSA) is 121 Å². The molecule has 0 amide bonds. The van der Waals surface area contributed by atoms with Gasteiger partial charge in [0.15, 0.2) is 5.60 Å². The summed E-state index contributed by atoms with van der Waals surface area (Å²) in [5, 5.41) is 11.2. The molecule has 5 atom stereocenters. The minimum absolute atomic E-state index is 0.0253. The van der Waals surface area contributed by atoms with Crippen LogP contribution in [0, 0.1) is 0 Å². The Kier molecular flexibility index (Phi) is 4.83. The van der Waals surface area contributed by atoms with Crippen molar-refractivity contribution in [2.45, 2.75) is 76.0 Å². The van der Waals surface area contributed by atoms with E-state index in [2.05, 4.69) is 0 Å². The van der Waals surface area contributed by atoms with E-state index in [9.17, 15) is 19.5 Å². The zero-order valence-electron chi connectivity index (χ0n) is 17.5. The summed E-state index contributed by atoms with van der Waals surface area (Å²) in [6.45, 7) is 6.20. The predicted molar refractivity (Wildman–Crippen MR) is 99.8 cm³/mol. The fraction of sp³-hybridized carbons (Fsp3) is 0.667. The first-order chi connectivity index (χ1) is 13.9. The maximum absolute atomic E-state index is 12.6. The molecule has 4 heterocycles. The summed E-state index contributed by atoms with van der Waals surface area (Å²) in [5.74, 6) is -1.66. The van der Waals surface area contributed by atoms with Crippen LogP contribution in [0.4, 0.5) is 0 Å². The number of carbonyl (C=O) groups excluding carboxylic acids is 3. The normalized spacial score (nSPS) is 39.9. The number of epoxide rings is 1. The molecular weight excluding hydrogens is 396 g/mol. The van der Waals surface area contributed by atoms with E-state index in [1.165, 1.54) is 6.92 Å². The van der Waals surface area contributed by atoms with Crippen LogP contribution >= 0.6 is 0 Å². The molecule has 164 valence electrons. The molecule has 0 aromatic carbocycles.